The summed E-state index contributed by atoms with van der Waals surface area (Å²) in [7, 11) is 1.61. The third-order valence-electron chi connectivity index (χ3n) is 3.90. The minimum absolute atomic E-state index is 0.0256. The highest BCUT2D eigenvalue weighted by molar-refractivity contribution is 8.00. The van der Waals surface area contributed by atoms with Gasteiger partial charge in [0.05, 0.1) is 12.9 Å². The number of rotatable bonds is 6. The van der Waals surface area contributed by atoms with Crippen molar-refractivity contribution >= 4 is 23.6 Å². The van der Waals surface area contributed by atoms with E-state index < -0.39 is 0 Å². The first-order chi connectivity index (χ1) is 12.2. The number of hydrogen-bond acceptors (Lipinski definition) is 5. The van der Waals surface area contributed by atoms with Crippen LogP contribution in [0.2, 0.25) is 0 Å². The average molecular weight is 357 g/mol. The van der Waals surface area contributed by atoms with Crippen molar-refractivity contribution in [3.8, 4) is 5.75 Å². The second-order valence-electron chi connectivity index (χ2n) is 5.60. The Bertz CT molecular complexity index is 737. The van der Waals surface area contributed by atoms with Crippen LogP contribution in [0.3, 0.4) is 0 Å². The molecule has 6 nitrogen and oxygen atoms in total. The van der Waals surface area contributed by atoms with Gasteiger partial charge in [-0.2, -0.15) is 0 Å². The normalized spacial score (nSPS) is 16.8. The average Bonchev–Trinajstić information content (AvgIpc) is 3.01. The second kappa shape index (κ2) is 8.02. The first kappa shape index (κ1) is 17.3. The predicted octanol–water partition coefficient (Wildman–Crippen LogP) is 1.98. The quantitative estimate of drug-likeness (QED) is 0.856. The van der Waals surface area contributed by atoms with Gasteiger partial charge in [0.1, 0.15) is 17.7 Å². The third-order valence-corrected chi connectivity index (χ3v) is 5.15. The maximum absolute atomic E-state index is 12.2. The zero-order chi connectivity index (χ0) is 17.6. The summed E-state index contributed by atoms with van der Waals surface area (Å²) in [6.45, 7) is 0.442. The van der Waals surface area contributed by atoms with E-state index >= 15 is 0 Å². The van der Waals surface area contributed by atoms with E-state index in [4.69, 9.17) is 4.74 Å². The molecule has 7 heteroatoms. The Labute approximate surface area is 150 Å². The molecule has 2 aromatic rings. The molecule has 0 radical (unpaired) electrons. The molecule has 0 aliphatic carbocycles. The Morgan fingerprint density at radius 1 is 1.36 bits per heavy atom. The Hall–Kier alpha value is -2.54. The maximum Gasteiger partial charge on any atom is 0.239 e. The van der Waals surface area contributed by atoms with Crippen molar-refractivity contribution in [3.63, 3.8) is 0 Å². The van der Waals surface area contributed by atoms with E-state index in [9.17, 15) is 9.59 Å². The molecule has 1 N–H and O–H groups in total. The summed E-state index contributed by atoms with van der Waals surface area (Å²) in [5.41, 5.74) is 1.90. The lowest BCUT2D eigenvalue weighted by Crippen LogP contribution is -2.39. The molecular weight excluding hydrogens is 338 g/mol. The predicted molar refractivity (Wildman–Crippen MR) is 96.0 cm³/mol. The smallest absolute Gasteiger partial charge is 0.239 e. The lowest BCUT2D eigenvalue weighted by Gasteiger charge is -2.23. The first-order valence-corrected chi connectivity index (χ1v) is 8.93. The third kappa shape index (κ3) is 4.30. The number of pyridine rings is 1. The molecule has 25 heavy (non-hydrogen) atoms. The standard InChI is InChI=1S/C18H19N3O3S/c1-24-15-6-4-14(5-7-15)18-21(17(23)12-25-18)11-16(22)20-10-13-3-2-8-19-9-13/h2-9,18H,10-12H2,1H3,(H,20,22). The number of carbonyl (C=O) groups excluding carboxylic acids is 2. The van der Waals surface area contributed by atoms with Gasteiger partial charge < -0.3 is 15.0 Å². The Morgan fingerprint density at radius 3 is 2.84 bits per heavy atom. The van der Waals surface area contributed by atoms with E-state index in [1.165, 1.54) is 11.8 Å². The van der Waals surface area contributed by atoms with Crippen molar-refractivity contribution in [1.82, 2.24) is 15.2 Å². The number of carbonyl (C=O) groups is 2. The molecule has 0 bridgehead atoms. The molecule has 2 amide bonds. The summed E-state index contributed by atoms with van der Waals surface area (Å²) in [6.07, 6.45) is 3.39. The molecule has 1 saturated heterocycles. The van der Waals surface area contributed by atoms with Crippen LogP contribution in [0, 0.1) is 0 Å². The molecule has 2 heterocycles. The number of benzene rings is 1. The molecule has 1 atom stereocenters. The van der Waals surface area contributed by atoms with Crippen molar-refractivity contribution in [2.75, 3.05) is 19.4 Å². The van der Waals surface area contributed by atoms with Crippen molar-refractivity contribution < 1.29 is 14.3 Å². The Balaban J connectivity index is 1.62. The Kier molecular flexibility index (Phi) is 5.55. The maximum atomic E-state index is 12.2. The zero-order valence-electron chi connectivity index (χ0n) is 13.8. The van der Waals surface area contributed by atoms with Crippen LogP contribution in [0.1, 0.15) is 16.5 Å². The Morgan fingerprint density at radius 2 is 2.16 bits per heavy atom. The SMILES string of the molecule is COc1ccc(C2SCC(=O)N2CC(=O)NCc2cccnc2)cc1. The van der Waals surface area contributed by atoms with Crippen LogP contribution < -0.4 is 10.1 Å². The number of nitrogens with zero attached hydrogens (tertiary/aromatic N) is 2. The van der Waals surface area contributed by atoms with Crippen LogP contribution >= 0.6 is 11.8 Å². The van der Waals surface area contributed by atoms with Gasteiger partial charge in [-0.1, -0.05) is 18.2 Å². The highest BCUT2D eigenvalue weighted by atomic mass is 32.2. The minimum Gasteiger partial charge on any atom is -0.497 e. The molecule has 0 saturated carbocycles. The summed E-state index contributed by atoms with van der Waals surface area (Å²) in [4.78, 5) is 30.1. The van der Waals surface area contributed by atoms with Gasteiger partial charge in [-0.15, -0.1) is 11.8 Å². The van der Waals surface area contributed by atoms with Crippen LogP contribution in [-0.2, 0) is 16.1 Å². The lowest BCUT2D eigenvalue weighted by molar-refractivity contribution is -0.133. The monoisotopic (exact) mass is 357 g/mol. The van der Waals surface area contributed by atoms with Crippen molar-refractivity contribution in [1.29, 1.82) is 0 Å². The lowest BCUT2D eigenvalue weighted by atomic mass is 10.2. The number of nitrogens with one attached hydrogen (secondary N) is 1. The van der Waals surface area contributed by atoms with Gasteiger partial charge in [0, 0.05) is 18.9 Å². The molecule has 1 aliphatic heterocycles. The highest BCUT2D eigenvalue weighted by Gasteiger charge is 2.34. The number of thioether (sulfide) groups is 1. The summed E-state index contributed by atoms with van der Waals surface area (Å²) in [5, 5.41) is 2.68. The highest BCUT2D eigenvalue weighted by Crippen LogP contribution is 2.38. The van der Waals surface area contributed by atoms with Crippen molar-refractivity contribution in [2.45, 2.75) is 11.9 Å². The fourth-order valence-corrected chi connectivity index (χ4v) is 3.77. The van der Waals surface area contributed by atoms with Crippen LogP contribution in [0.25, 0.3) is 0 Å². The number of ether oxygens (including phenoxy) is 1. The number of methoxy groups -OCH3 is 1. The zero-order valence-corrected chi connectivity index (χ0v) is 14.7. The molecule has 1 fully saturated rings. The van der Waals surface area contributed by atoms with Crippen LogP contribution in [0.4, 0.5) is 0 Å². The molecule has 1 aromatic carbocycles. The van der Waals surface area contributed by atoms with Gasteiger partial charge in [-0.25, -0.2) is 0 Å². The topological polar surface area (TPSA) is 71.5 Å². The van der Waals surface area contributed by atoms with Gasteiger partial charge in [-0.3, -0.25) is 14.6 Å². The second-order valence-corrected chi connectivity index (χ2v) is 6.66. The molecule has 130 valence electrons. The summed E-state index contributed by atoms with van der Waals surface area (Å²) < 4.78 is 5.16. The number of aromatic nitrogens is 1. The van der Waals surface area contributed by atoms with Gasteiger partial charge in [0.15, 0.2) is 0 Å². The van der Waals surface area contributed by atoms with E-state index in [2.05, 4.69) is 10.3 Å². The van der Waals surface area contributed by atoms with E-state index in [1.54, 1.807) is 24.4 Å². The van der Waals surface area contributed by atoms with E-state index in [1.807, 2.05) is 36.4 Å². The van der Waals surface area contributed by atoms with Gasteiger partial charge in [0.2, 0.25) is 11.8 Å². The van der Waals surface area contributed by atoms with Gasteiger partial charge in [0.25, 0.3) is 0 Å². The molecule has 0 spiro atoms. The summed E-state index contributed by atoms with van der Waals surface area (Å²) in [5.74, 6) is 0.937. The van der Waals surface area contributed by atoms with E-state index in [0.29, 0.717) is 12.3 Å². The van der Waals surface area contributed by atoms with Crippen LogP contribution in [0.15, 0.2) is 48.8 Å². The molecule has 1 unspecified atom stereocenters. The van der Waals surface area contributed by atoms with Gasteiger partial charge in [-0.05, 0) is 29.3 Å². The van der Waals surface area contributed by atoms with Crippen LogP contribution in [-0.4, -0.2) is 41.1 Å². The largest absolute Gasteiger partial charge is 0.497 e. The number of hydrogen-bond donors (Lipinski definition) is 1. The minimum atomic E-state index is -0.182. The van der Waals surface area contributed by atoms with E-state index in [0.717, 1.165) is 16.9 Å². The van der Waals surface area contributed by atoms with Crippen molar-refractivity contribution in [3.05, 3.63) is 59.9 Å². The summed E-state index contributed by atoms with van der Waals surface area (Å²) in [6, 6.07) is 11.3. The fraction of sp³-hybridized carbons (Fsp3) is 0.278. The van der Waals surface area contributed by atoms with E-state index in [-0.39, 0.29) is 23.7 Å². The molecule has 1 aliphatic rings. The van der Waals surface area contributed by atoms with Crippen molar-refractivity contribution in [2.24, 2.45) is 0 Å². The molecular formula is C18H19N3O3S. The van der Waals surface area contributed by atoms with Crippen LogP contribution in [0.5, 0.6) is 5.75 Å². The van der Waals surface area contributed by atoms with Gasteiger partial charge >= 0.3 is 0 Å². The molecule has 3 rings (SSSR count). The fourth-order valence-electron chi connectivity index (χ4n) is 2.58. The number of amides is 2. The first-order valence-electron chi connectivity index (χ1n) is 7.88. The molecule has 1 aromatic heterocycles. The summed E-state index contributed by atoms with van der Waals surface area (Å²) >= 11 is 1.53.